The van der Waals surface area contributed by atoms with Crippen molar-refractivity contribution in [3.05, 3.63) is 35.7 Å². The third-order valence-electron chi connectivity index (χ3n) is 4.89. The highest BCUT2D eigenvalue weighted by molar-refractivity contribution is 5.94. The number of nitrogens with one attached hydrogen (secondary N) is 1. The van der Waals surface area contributed by atoms with E-state index in [0.717, 1.165) is 42.8 Å². The Morgan fingerprint density at radius 3 is 2.50 bits per heavy atom. The first-order valence-electron chi connectivity index (χ1n) is 8.67. The van der Waals surface area contributed by atoms with E-state index in [1.54, 1.807) is 11.8 Å². The molecule has 2 aliphatic carbocycles. The summed E-state index contributed by atoms with van der Waals surface area (Å²) < 4.78 is 7.01. The van der Waals surface area contributed by atoms with E-state index in [0.29, 0.717) is 11.6 Å². The highest BCUT2D eigenvalue weighted by atomic mass is 16.5. The number of carbonyl (C=O) groups is 1. The van der Waals surface area contributed by atoms with Crippen LogP contribution in [-0.4, -0.2) is 34.1 Å². The maximum Gasteiger partial charge on any atom is 0.274 e. The number of ether oxygens (including phenoxy) is 1. The van der Waals surface area contributed by atoms with Gasteiger partial charge in [0.1, 0.15) is 5.75 Å². The second-order valence-corrected chi connectivity index (χ2v) is 6.66. The van der Waals surface area contributed by atoms with Gasteiger partial charge in [-0.1, -0.05) is 18.1 Å². The van der Waals surface area contributed by atoms with Crippen LogP contribution in [0.5, 0.6) is 5.75 Å². The zero-order chi connectivity index (χ0) is 16.5. The molecule has 2 aromatic rings. The lowest BCUT2D eigenvalue weighted by molar-refractivity contribution is 0.0931. The number of nitrogens with zero attached hydrogens (tertiary/aromatic N) is 3. The van der Waals surface area contributed by atoms with Crippen LogP contribution in [0.15, 0.2) is 24.3 Å². The Kier molecular flexibility index (Phi) is 3.96. The molecule has 0 radical (unpaired) electrons. The summed E-state index contributed by atoms with van der Waals surface area (Å²) in [6, 6.07) is 7.96. The molecule has 0 unspecified atom stereocenters. The molecule has 2 saturated carbocycles. The Balaban J connectivity index is 1.63. The average molecular weight is 326 g/mol. The minimum Gasteiger partial charge on any atom is -0.497 e. The monoisotopic (exact) mass is 326 g/mol. The molecule has 2 aliphatic rings. The van der Waals surface area contributed by atoms with Gasteiger partial charge in [0, 0.05) is 12.0 Å². The normalized spacial score (nSPS) is 17.9. The first-order chi connectivity index (χ1) is 11.8. The van der Waals surface area contributed by atoms with Gasteiger partial charge >= 0.3 is 0 Å². The summed E-state index contributed by atoms with van der Waals surface area (Å²) in [5.74, 6) is 1.10. The maximum atomic E-state index is 12.7. The van der Waals surface area contributed by atoms with Crippen LogP contribution in [0.1, 0.15) is 60.6 Å². The first kappa shape index (κ1) is 15.2. The molecule has 6 nitrogen and oxygen atoms in total. The van der Waals surface area contributed by atoms with E-state index in [9.17, 15) is 4.79 Å². The number of aromatic nitrogens is 3. The second-order valence-electron chi connectivity index (χ2n) is 6.66. The van der Waals surface area contributed by atoms with Crippen molar-refractivity contribution in [1.82, 2.24) is 20.3 Å². The number of rotatable bonds is 5. The van der Waals surface area contributed by atoms with E-state index >= 15 is 0 Å². The Morgan fingerprint density at radius 1 is 1.17 bits per heavy atom. The molecule has 4 rings (SSSR count). The quantitative estimate of drug-likeness (QED) is 0.917. The van der Waals surface area contributed by atoms with Gasteiger partial charge in [-0.25, -0.2) is 4.68 Å². The summed E-state index contributed by atoms with van der Waals surface area (Å²) in [7, 11) is 1.64. The minimum atomic E-state index is -0.0800. The van der Waals surface area contributed by atoms with Crippen LogP contribution in [0, 0.1) is 0 Å². The molecule has 1 heterocycles. The van der Waals surface area contributed by atoms with Crippen LogP contribution in [0.3, 0.4) is 0 Å². The van der Waals surface area contributed by atoms with Crippen molar-refractivity contribution in [3.63, 3.8) is 0 Å². The lowest BCUT2D eigenvalue weighted by atomic mass is 10.2. The first-order valence-corrected chi connectivity index (χ1v) is 8.67. The summed E-state index contributed by atoms with van der Waals surface area (Å²) in [5, 5.41) is 11.6. The molecule has 24 heavy (non-hydrogen) atoms. The standard InChI is InChI=1S/C18H22N4O2/c1-24-15-10-8-14(9-11-15)22-17(12-6-7-12)16(20-21-22)18(23)19-13-4-2-3-5-13/h8-13H,2-7H2,1H3,(H,19,23). The molecule has 1 amide bonds. The molecule has 0 saturated heterocycles. The van der Waals surface area contributed by atoms with Gasteiger partial charge in [-0.3, -0.25) is 4.79 Å². The molecule has 126 valence electrons. The van der Waals surface area contributed by atoms with E-state index in [2.05, 4.69) is 15.6 Å². The summed E-state index contributed by atoms with van der Waals surface area (Å²) in [4.78, 5) is 12.7. The number of hydrogen-bond donors (Lipinski definition) is 1. The summed E-state index contributed by atoms with van der Waals surface area (Å²) in [6.07, 6.45) is 6.70. The van der Waals surface area contributed by atoms with Crippen molar-refractivity contribution < 1.29 is 9.53 Å². The van der Waals surface area contributed by atoms with Gasteiger partial charge in [0.2, 0.25) is 0 Å². The molecule has 0 bridgehead atoms. The predicted molar refractivity (Wildman–Crippen MR) is 89.6 cm³/mol. The molecule has 1 N–H and O–H groups in total. The number of methoxy groups -OCH3 is 1. The molecule has 0 spiro atoms. The highest BCUT2D eigenvalue weighted by Crippen LogP contribution is 2.42. The Labute approximate surface area is 141 Å². The highest BCUT2D eigenvalue weighted by Gasteiger charge is 2.34. The molecule has 2 fully saturated rings. The van der Waals surface area contributed by atoms with E-state index in [1.165, 1.54) is 12.8 Å². The molecule has 6 heteroatoms. The third kappa shape index (κ3) is 2.88. The van der Waals surface area contributed by atoms with Gasteiger partial charge in [0.15, 0.2) is 5.69 Å². The van der Waals surface area contributed by atoms with Crippen LogP contribution in [-0.2, 0) is 0 Å². The van der Waals surface area contributed by atoms with Crippen molar-refractivity contribution in [2.75, 3.05) is 7.11 Å². The van der Waals surface area contributed by atoms with Gasteiger partial charge < -0.3 is 10.1 Å². The van der Waals surface area contributed by atoms with E-state index in [4.69, 9.17) is 4.74 Å². The number of benzene rings is 1. The molecule has 1 aromatic heterocycles. The lowest BCUT2D eigenvalue weighted by Gasteiger charge is -2.12. The van der Waals surface area contributed by atoms with Crippen molar-refractivity contribution in [1.29, 1.82) is 0 Å². The van der Waals surface area contributed by atoms with Crippen molar-refractivity contribution in [3.8, 4) is 11.4 Å². The zero-order valence-corrected chi connectivity index (χ0v) is 13.9. The fourth-order valence-electron chi connectivity index (χ4n) is 3.41. The van der Waals surface area contributed by atoms with Crippen molar-refractivity contribution in [2.24, 2.45) is 0 Å². The van der Waals surface area contributed by atoms with Crippen molar-refractivity contribution in [2.45, 2.75) is 50.5 Å². The van der Waals surface area contributed by atoms with Gasteiger partial charge in [-0.2, -0.15) is 0 Å². The van der Waals surface area contributed by atoms with E-state index in [1.807, 2.05) is 24.3 Å². The summed E-state index contributed by atoms with van der Waals surface area (Å²) in [5.41, 5.74) is 2.33. The SMILES string of the molecule is COc1ccc(-n2nnc(C(=O)NC3CCCC3)c2C2CC2)cc1. The number of hydrogen-bond acceptors (Lipinski definition) is 4. The number of amides is 1. The fraction of sp³-hybridized carbons (Fsp3) is 0.500. The molecular formula is C18H22N4O2. The lowest BCUT2D eigenvalue weighted by Crippen LogP contribution is -2.33. The third-order valence-corrected chi connectivity index (χ3v) is 4.89. The summed E-state index contributed by atoms with van der Waals surface area (Å²) in [6.45, 7) is 0. The van der Waals surface area contributed by atoms with Gasteiger partial charge in [-0.05, 0) is 49.9 Å². The fourth-order valence-corrected chi connectivity index (χ4v) is 3.41. The largest absolute Gasteiger partial charge is 0.497 e. The molecular weight excluding hydrogens is 304 g/mol. The van der Waals surface area contributed by atoms with Crippen LogP contribution in [0.25, 0.3) is 5.69 Å². The Hall–Kier alpha value is -2.37. The van der Waals surface area contributed by atoms with Crippen LogP contribution in [0.2, 0.25) is 0 Å². The summed E-state index contributed by atoms with van der Waals surface area (Å²) >= 11 is 0. The van der Waals surface area contributed by atoms with Gasteiger partial charge in [0.05, 0.1) is 18.5 Å². The number of carbonyl (C=O) groups excluding carboxylic acids is 1. The molecule has 0 atom stereocenters. The Bertz CT molecular complexity index is 728. The van der Waals surface area contributed by atoms with Crippen LogP contribution >= 0.6 is 0 Å². The Morgan fingerprint density at radius 2 is 1.88 bits per heavy atom. The van der Waals surface area contributed by atoms with Gasteiger partial charge in [-0.15, -0.1) is 5.10 Å². The van der Waals surface area contributed by atoms with Crippen molar-refractivity contribution >= 4 is 5.91 Å². The smallest absolute Gasteiger partial charge is 0.274 e. The topological polar surface area (TPSA) is 69.0 Å². The maximum absolute atomic E-state index is 12.7. The predicted octanol–water partition coefficient (Wildman–Crippen LogP) is 2.83. The average Bonchev–Trinajstić information content (AvgIpc) is 3.14. The van der Waals surface area contributed by atoms with Gasteiger partial charge in [0.25, 0.3) is 5.91 Å². The molecule has 0 aliphatic heterocycles. The molecule has 1 aromatic carbocycles. The van der Waals surface area contributed by atoms with E-state index in [-0.39, 0.29) is 11.9 Å². The second kappa shape index (κ2) is 6.26. The van der Waals surface area contributed by atoms with E-state index < -0.39 is 0 Å². The van der Waals surface area contributed by atoms with Crippen LogP contribution in [0.4, 0.5) is 0 Å². The van der Waals surface area contributed by atoms with Crippen LogP contribution < -0.4 is 10.1 Å². The minimum absolute atomic E-state index is 0.0800. The zero-order valence-electron chi connectivity index (χ0n) is 13.9.